The van der Waals surface area contributed by atoms with Gasteiger partial charge in [-0.1, -0.05) is 6.07 Å². The number of aromatic amines is 1. The maximum absolute atomic E-state index is 12.9. The van der Waals surface area contributed by atoms with E-state index >= 15 is 0 Å². The second-order valence-electron chi connectivity index (χ2n) is 6.66. The second-order valence-corrected chi connectivity index (χ2v) is 6.66. The Morgan fingerprint density at radius 2 is 1.90 bits per heavy atom. The zero-order chi connectivity index (χ0) is 22.6. The number of amides is 3. The van der Waals surface area contributed by atoms with Gasteiger partial charge in [0.25, 0.3) is 0 Å². The lowest BCUT2D eigenvalue weighted by Gasteiger charge is -2.14. The first-order valence-electron chi connectivity index (χ1n) is 9.22. The Labute approximate surface area is 175 Å². The molecule has 2 aromatic carbocycles. The molecule has 3 amide bonds. The minimum Gasteiger partial charge on any atom is -0.495 e. The highest BCUT2D eigenvalue weighted by Crippen LogP contribution is 2.34. The second kappa shape index (κ2) is 8.94. The molecule has 0 radical (unpaired) electrons. The monoisotopic (exact) mass is 435 g/mol. The SMILES string of the molecule is COc1ccc(C(F)(F)F)cc1NC(=O)NCCc1ccc2nc(NC(C)=O)[nH]c2c1. The van der Waals surface area contributed by atoms with Gasteiger partial charge >= 0.3 is 12.2 Å². The largest absolute Gasteiger partial charge is 0.495 e. The van der Waals surface area contributed by atoms with E-state index in [4.69, 9.17) is 4.74 Å². The Balaban J connectivity index is 1.59. The average molecular weight is 435 g/mol. The summed E-state index contributed by atoms with van der Waals surface area (Å²) < 4.78 is 43.7. The molecule has 11 heteroatoms. The minimum absolute atomic E-state index is 0.0841. The van der Waals surface area contributed by atoms with Crippen LogP contribution in [0.4, 0.5) is 29.6 Å². The maximum atomic E-state index is 12.9. The van der Waals surface area contributed by atoms with E-state index in [-0.39, 0.29) is 23.9 Å². The third-order valence-electron chi connectivity index (χ3n) is 4.31. The van der Waals surface area contributed by atoms with E-state index in [1.54, 1.807) is 6.07 Å². The summed E-state index contributed by atoms with van der Waals surface area (Å²) in [5.41, 5.74) is 1.31. The third-order valence-corrected chi connectivity index (χ3v) is 4.31. The number of hydrogen-bond donors (Lipinski definition) is 4. The van der Waals surface area contributed by atoms with Crippen molar-refractivity contribution in [2.75, 3.05) is 24.3 Å². The number of carbonyl (C=O) groups is 2. The van der Waals surface area contributed by atoms with E-state index in [0.717, 1.165) is 29.3 Å². The van der Waals surface area contributed by atoms with E-state index in [0.29, 0.717) is 17.9 Å². The van der Waals surface area contributed by atoms with Crippen LogP contribution >= 0.6 is 0 Å². The number of rotatable bonds is 6. The number of nitrogens with zero attached hydrogens (tertiary/aromatic N) is 1. The van der Waals surface area contributed by atoms with Crippen molar-refractivity contribution in [3.8, 4) is 5.75 Å². The summed E-state index contributed by atoms with van der Waals surface area (Å²) in [5, 5.41) is 7.54. The van der Waals surface area contributed by atoms with Gasteiger partial charge < -0.3 is 20.4 Å². The Hall–Kier alpha value is -3.76. The van der Waals surface area contributed by atoms with Crippen LogP contribution in [0.1, 0.15) is 18.1 Å². The fraction of sp³-hybridized carbons (Fsp3) is 0.250. The molecule has 0 unspecified atom stereocenters. The van der Waals surface area contributed by atoms with E-state index < -0.39 is 17.8 Å². The van der Waals surface area contributed by atoms with Gasteiger partial charge in [0.1, 0.15) is 5.75 Å². The number of anilines is 2. The quantitative estimate of drug-likeness (QED) is 0.471. The van der Waals surface area contributed by atoms with Gasteiger partial charge in [-0.15, -0.1) is 0 Å². The number of H-pyrrole nitrogens is 1. The van der Waals surface area contributed by atoms with Crippen molar-refractivity contribution < 1.29 is 27.5 Å². The molecule has 0 aliphatic heterocycles. The summed E-state index contributed by atoms with van der Waals surface area (Å²) >= 11 is 0. The molecular weight excluding hydrogens is 415 g/mol. The fourth-order valence-electron chi connectivity index (χ4n) is 2.91. The van der Waals surface area contributed by atoms with Crippen molar-refractivity contribution in [1.82, 2.24) is 15.3 Å². The summed E-state index contributed by atoms with van der Waals surface area (Å²) in [6.07, 6.45) is -4.07. The van der Waals surface area contributed by atoms with E-state index in [1.807, 2.05) is 12.1 Å². The molecule has 0 aliphatic carbocycles. The maximum Gasteiger partial charge on any atom is 0.416 e. The topological polar surface area (TPSA) is 108 Å². The molecule has 31 heavy (non-hydrogen) atoms. The highest BCUT2D eigenvalue weighted by Gasteiger charge is 2.31. The standard InChI is InChI=1S/C20H20F3N5O3/c1-11(29)25-18-26-14-5-3-12(9-15(14)27-18)7-8-24-19(30)28-16-10-13(20(21,22)23)4-6-17(16)31-2/h3-6,9-10H,7-8H2,1-2H3,(H2,24,28,30)(H2,25,26,27,29). The summed E-state index contributed by atoms with van der Waals surface area (Å²) in [7, 11) is 1.30. The van der Waals surface area contributed by atoms with Crippen LogP contribution in [0.15, 0.2) is 36.4 Å². The van der Waals surface area contributed by atoms with Crippen LogP contribution in [0.3, 0.4) is 0 Å². The Kier molecular flexibility index (Phi) is 6.33. The number of ether oxygens (including phenoxy) is 1. The Bertz CT molecular complexity index is 1110. The molecule has 1 heterocycles. The number of methoxy groups -OCH3 is 1. The number of imidazole rings is 1. The lowest BCUT2D eigenvalue weighted by atomic mass is 10.1. The molecule has 0 atom stereocenters. The van der Waals surface area contributed by atoms with Crippen molar-refractivity contribution in [3.63, 3.8) is 0 Å². The summed E-state index contributed by atoms with van der Waals surface area (Å²) in [4.78, 5) is 30.5. The fourth-order valence-corrected chi connectivity index (χ4v) is 2.91. The van der Waals surface area contributed by atoms with Crippen molar-refractivity contribution in [2.24, 2.45) is 0 Å². The zero-order valence-electron chi connectivity index (χ0n) is 16.7. The molecule has 8 nitrogen and oxygen atoms in total. The number of aromatic nitrogens is 2. The number of urea groups is 1. The van der Waals surface area contributed by atoms with E-state index in [1.165, 1.54) is 14.0 Å². The summed E-state index contributed by atoms with van der Waals surface area (Å²) in [6, 6.07) is 7.63. The van der Waals surface area contributed by atoms with Crippen LogP contribution in [0.5, 0.6) is 5.75 Å². The molecule has 0 fully saturated rings. The van der Waals surface area contributed by atoms with Gasteiger partial charge in [0.2, 0.25) is 11.9 Å². The molecule has 0 saturated carbocycles. The third kappa shape index (κ3) is 5.65. The first-order valence-corrected chi connectivity index (χ1v) is 9.22. The highest BCUT2D eigenvalue weighted by atomic mass is 19.4. The number of fused-ring (bicyclic) bond motifs is 1. The van der Waals surface area contributed by atoms with Gasteiger partial charge in [0.05, 0.1) is 29.4 Å². The first-order chi connectivity index (χ1) is 14.7. The number of benzene rings is 2. The Morgan fingerprint density at radius 1 is 1.13 bits per heavy atom. The Morgan fingerprint density at radius 3 is 2.58 bits per heavy atom. The van der Waals surface area contributed by atoms with Crippen molar-refractivity contribution in [1.29, 1.82) is 0 Å². The number of hydrogen-bond acceptors (Lipinski definition) is 4. The highest BCUT2D eigenvalue weighted by molar-refractivity contribution is 5.91. The molecule has 3 aromatic rings. The van der Waals surface area contributed by atoms with E-state index in [9.17, 15) is 22.8 Å². The summed E-state index contributed by atoms with van der Waals surface area (Å²) in [6.45, 7) is 1.62. The van der Waals surface area contributed by atoms with Crippen LogP contribution in [0.25, 0.3) is 11.0 Å². The van der Waals surface area contributed by atoms with Crippen molar-refractivity contribution >= 4 is 34.6 Å². The molecule has 0 aliphatic rings. The molecule has 3 rings (SSSR count). The number of alkyl halides is 3. The molecule has 0 spiro atoms. The molecule has 1 aromatic heterocycles. The van der Waals surface area contributed by atoms with E-state index in [2.05, 4.69) is 25.9 Å². The number of nitrogens with one attached hydrogen (secondary N) is 4. The summed E-state index contributed by atoms with van der Waals surface area (Å²) in [5.74, 6) is 0.210. The van der Waals surface area contributed by atoms with Gasteiger partial charge in [0.15, 0.2) is 0 Å². The lowest BCUT2D eigenvalue weighted by Crippen LogP contribution is -2.30. The normalized spacial score (nSPS) is 11.3. The van der Waals surface area contributed by atoms with Gasteiger partial charge in [-0.2, -0.15) is 13.2 Å². The van der Waals surface area contributed by atoms with Crippen molar-refractivity contribution in [2.45, 2.75) is 19.5 Å². The van der Waals surface area contributed by atoms with Crippen LogP contribution in [0.2, 0.25) is 0 Å². The smallest absolute Gasteiger partial charge is 0.416 e. The van der Waals surface area contributed by atoms with Gasteiger partial charge in [0, 0.05) is 13.5 Å². The molecule has 164 valence electrons. The predicted molar refractivity (Wildman–Crippen MR) is 109 cm³/mol. The zero-order valence-corrected chi connectivity index (χ0v) is 16.7. The number of carbonyl (C=O) groups excluding carboxylic acids is 2. The van der Waals surface area contributed by atoms with Crippen molar-refractivity contribution in [3.05, 3.63) is 47.5 Å². The van der Waals surface area contributed by atoms with Crippen LogP contribution in [-0.2, 0) is 17.4 Å². The lowest BCUT2D eigenvalue weighted by molar-refractivity contribution is -0.137. The van der Waals surface area contributed by atoms with Gasteiger partial charge in [-0.25, -0.2) is 9.78 Å². The average Bonchev–Trinajstić information content (AvgIpc) is 3.08. The molecule has 4 N–H and O–H groups in total. The minimum atomic E-state index is -4.54. The molecular formula is C20H20F3N5O3. The first kappa shape index (κ1) is 21.9. The molecule has 0 saturated heterocycles. The van der Waals surface area contributed by atoms with Crippen LogP contribution in [-0.4, -0.2) is 35.6 Å². The predicted octanol–water partition coefficient (Wildman–Crippen LogP) is 3.91. The van der Waals surface area contributed by atoms with Crippen LogP contribution in [0, 0.1) is 0 Å². The van der Waals surface area contributed by atoms with Gasteiger partial charge in [-0.05, 0) is 42.3 Å². The number of halogens is 3. The van der Waals surface area contributed by atoms with Gasteiger partial charge in [-0.3, -0.25) is 10.1 Å². The van der Waals surface area contributed by atoms with Crippen LogP contribution < -0.4 is 20.7 Å². The molecule has 0 bridgehead atoms.